The smallest absolute Gasteiger partial charge is 0.307 e. The Kier molecular flexibility index (Phi) is 5.76. The van der Waals surface area contributed by atoms with Crippen LogP contribution in [-0.4, -0.2) is 30.6 Å². The van der Waals surface area contributed by atoms with Gasteiger partial charge in [0.05, 0.1) is 24.1 Å². The Hall–Kier alpha value is -2.60. The molecule has 0 bridgehead atoms. The number of hydrogen-bond acceptors (Lipinski definition) is 4. The number of esters is 1. The summed E-state index contributed by atoms with van der Waals surface area (Å²) in [4.78, 5) is 23.2. The number of phenols is 1. The molecular weight excluding hydrogens is 337 g/mol. The van der Waals surface area contributed by atoms with Crippen LogP contribution in [0, 0.1) is 5.82 Å². The van der Waals surface area contributed by atoms with Crippen LogP contribution < -0.4 is 5.32 Å². The lowest BCUT2D eigenvalue weighted by Gasteiger charge is -2.09. The summed E-state index contributed by atoms with van der Waals surface area (Å²) in [6, 6.07) is 8.59. The molecule has 24 heavy (non-hydrogen) atoms. The molecule has 0 saturated heterocycles. The molecule has 1 amide bonds. The lowest BCUT2D eigenvalue weighted by molar-refractivity contribution is -0.140. The molecule has 0 heterocycles. The molecule has 2 N–H and O–H groups in total. The van der Waals surface area contributed by atoms with Crippen LogP contribution in [0.5, 0.6) is 5.75 Å². The average Bonchev–Trinajstić information content (AvgIpc) is 2.57. The average molecular weight is 352 g/mol. The fourth-order valence-corrected chi connectivity index (χ4v) is 2.23. The van der Waals surface area contributed by atoms with Crippen LogP contribution in [0.1, 0.15) is 16.8 Å². The molecule has 2 rings (SSSR count). The lowest BCUT2D eigenvalue weighted by atomic mass is 10.0. The predicted octanol–water partition coefficient (Wildman–Crippen LogP) is 3.14. The van der Waals surface area contributed by atoms with Crippen molar-refractivity contribution in [3.8, 4) is 16.9 Å². The molecule has 0 spiro atoms. The first-order valence-corrected chi connectivity index (χ1v) is 7.43. The third-order valence-electron chi connectivity index (χ3n) is 3.34. The van der Waals surface area contributed by atoms with Crippen LogP contribution in [0.15, 0.2) is 36.4 Å². The van der Waals surface area contributed by atoms with Gasteiger partial charge in [0.25, 0.3) is 5.91 Å². The molecule has 0 aromatic heterocycles. The summed E-state index contributed by atoms with van der Waals surface area (Å²) in [5.74, 6) is -1.73. The number of methoxy groups -OCH3 is 1. The van der Waals surface area contributed by atoms with E-state index in [0.717, 1.165) is 0 Å². The zero-order valence-corrected chi connectivity index (χ0v) is 13.6. The highest BCUT2D eigenvalue weighted by molar-refractivity contribution is 6.31. The van der Waals surface area contributed by atoms with E-state index in [4.69, 9.17) is 11.6 Å². The first kappa shape index (κ1) is 17.7. The van der Waals surface area contributed by atoms with E-state index in [2.05, 4.69) is 10.1 Å². The van der Waals surface area contributed by atoms with E-state index in [1.807, 2.05) is 0 Å². The number of carbonyl (C=O) groups excluding carboxylic acids is 2. The molecule has 7 heteroatoms. The van der Waals surface area contributed by atoms with Gasteiger partial charge in [0.2, 0.25) is 0 Å². The van der Waals surface area contributed by atoms with Gasteiger partial charge in [0.1, 0.15) is 11.6 Å². The highest BCUT2D eigenvalue weighted by Gasteiger charge is 2.13. The van der Waals surface area contributed by atoms with E-state index in [1.165, 1.54) is 37.4 Å². The van der Waals surface area contributed by atoms with Crippen LogP contribution in [0.3, 0.4) is 0 Å². The fraction of sp³-hybridized carbons (Fsp3) is 0.176. The van der Waals surface area contributed by atoms with Gasteiger partial charge in [-0.2, -0.15) is 0 Å². The van der Waals surface area contributed by atoms with Crippen molar-refractivity contribution in [2.75, 3.05) is 13.7 Å². The quantitative estimate of drug-likeness (QED) is 0.811. The lowest BCUT2D eigenvalue weighted by Crippen LogP contribution is -2.26. The molecule has 5 nitrogen and oxygen atoms in total. The molecule has 0 aliphatic carbocycles. The van der Waals surface area contributed by atoms with Crippen LogP contribution >= 0.6 is 11.6 Å². The van der Waals surface area contributed by atoms with Crippen LogP contribution in [0.25, 0.3) is 11.1 Å². The monoisotopic (exact) mass is 351 g/mol. The Morgan fingerprint density at radius 2 is 1.88 bits per heavy atom. The largest absolute Gasteiger partial charge is 0.507 e. The number of benzene rings is 2. The number of halogens is 2. The number of rotatable bonds is 5. The van der Waals surface area contributed by atoms with Crippen molar-refractivity contribution in [2.24, 2.45) is 0 Å². The van der Waals surface area contributed by atoms with Crippen molar-refractivity contribution < 1.29 is 23.8 Å². The molecule has 2 aromatic rings. The second-order valence-corrected chi connectivity index (χ2v) is 5.35. The van der Waals surface area contributed by atoms with Gasteiger partial charge < -0.3 is 15.2 Å². The number of aromatic hydroxyl groups is 1. The van der Waals surface area contributed by atoms with Gasteiger partial charge in [-0.3, -0.25) is 9.59 Å². The highest BCUT2D eigenvalue weighted by atomic mass is 35.5. The zero-order chi connectivity index (χ0) is 17.7. The summed E-state index contributed by atoms with van der Waals surface area (Å²) in [7, 11) is 1.26. The zero-order valence-electron chi connectivity index (χ0n) is 12.8. The molecule has 0 saturated carbocycles. The Morgan fingerprint density at radius 1 is 1.21 bits per heavy atom. The second-order valence-electron chi connectivity index (χ2n) is 4.94. The second kappa shape index (κ2) is 7.79. The van der Waals surface area contributed by atoms with E-state index in [9.17, 15) is 19.1 Å². The van der Waals surface area contributed by atoms with Gasteiger partial charge in [0, 0.05) is 6.54 Å². The van der Waals surface area contributed by atoms with Crippen LogP contribution in [0.4, 0.5) is 4.39 Å². The van der Waals surface area contributed by atoms with E-state index in [1.54, 1.807) is 6.07 Å². The van der Waals surface area contributed by atoms with E-state index >= 15 is 0 Å². The SMILES string of the molecule is COC(=O)CCNC(=O)c1cc(-c2ccc(F)c(Cl)c2)ccc1O. The summed E-state index contributed by atoms with van der Waals surface area (Å²) < 4.78 is 17.7. The van der Waals surface area contributed by atoms with Crippen molar-refractivity contribution in [2.45, 2.75) is 6.42 Å². The van der Waals surface area contributed by atoms with E-state index in [0.29, 0.717) is 11.1 Å². The standard InChI is InChI=1S/C17H15ClFNO4/c1-24-16(22)6-7-20-17(23)12-8-10(3-5-15(12)21)11-2-4-14(19)13(18)9-11/h2-5,8-9,21H,6-7H2,1H3,(H,20,23). The topological polar surface area (TPSA) is 75.6 Å². The molecule has 0 unspecified atom stereocenters. The minimum Gasteiger partial charge on any atom is -0.507 e. The highest BCUT2D eigenvalue weighted by Crippen LogP contribution is 2.28. The maximum Gasteiger partial charge on any atom is 0.307 e. The molecule has 126 valence electrons. The van der Waals surface area contributed by atoms with Crippen molar-refractivity contribution in [1.82, 2.24) is 5.32 Å². The molecular formula is C17H15ClFNO4. The van der Waals surface area contributed by atoms with Crippen LogP contribution in [0.2, 0.25) is 5.02 Å². The minimum atomic E-state index is -0.542. The normalized spacial score (nSPS) is 10.3. The summed E-state index contributed by atoms with van der Waals surface area (Å²) in [6.45, 7) is 0.0809. The summed E-state index contributed by atoms with van der Waals surface area (Å²) in [5.41, 5.74) is 1.23. The van der Waals surface area contributed by atoms with Gasteiger partial charge in [0.15, 0.2) is 0 Å². The Morgan fingerprint density at radius 3 is 2.54 bits per heavy atom. The third kappa shape index (κ3) is 4.23. The van der Waals surface area contributed by atoms with Crippen molar-refractivity contribution in [3.63, 3.8) is 0 Å². The van der Waals surface area contributed by atoms with Gasteiger partial charge >= 0.3 is 5.97 Å². The molecule has 0 atom stereocenters. The van der Waals surface area contributed by atoms with Crippen molar-refractivity contribution in [3.05, 3.63) is 52.8 Å². The molecule has 0 radical (unpaired) electrons. The summed E-state index contributed by atoms with van der Waals surface area (Å²) in [6.07, 6.45) is 0.0241. The van der Waals surface area contributed by atoms with Crippen molar-refractivity contribution >= 4 is 23.5 Å². The van der Waals surface area contributed by atoms with Crippen molar-refractivity contribution in [1.29, 1.82) is 0 Å². The third-order valence-corrected chi connectivity index (χ3v) is 3.63. The Bertz CT molecular complexity index is 779. The Balaban J connectivity index is 2.20. The van der Waals surface area contributed by atoms with E-state index < -0.39 is 17.7 Å². The van der Waals surface area contributed by atoms with E-state index in [-0.39, 0.29) is 29.3 Å². The molecule has 0 aliphatic rings. The number of amides is 1. The van der Waals surface area contributed by atoms with Gasteiger partial charge in [-0.25, -0.2) is 4.39 Å². The first-order chi connectivity index (χ1) is 11.4. The van der Waals surface area contributed by atoms with Crippen LogP contribution in [-0.2, 0) is 9.53 Å². The van der Waals surface area contributed by atoms with Gasteiger partial charge in [-0.05, 0) is 35.4 Å². The van der Waals surface area contributed by atoms with Gasteiger partial charge in [-0.1, -0.05) is 23.7 Å². The molecule has 0 aliphatic heterocycles. The maximum absolute atomic E-state index is 13.2. The summed E-state index contributed by atoms with van der Waals surface area (Å²) >= 11 is 5.76. The number of ether oxygens (including phenoxy) is 1. The van der Waals surface area contributed by atoms with Gasteiger partial charge in [-0.15, -0.1) is 0 Å². The molecule has 2 aromatic carbocycles. The summed E-state index contributed by atoms with van der Waals surface area (Å²) in [5, 5.41) is 12.3. The maximum atomic E-state index is 13.2. The first-order valence-electron chi connectivity index (χ1n) is 7.06. The number of phenolic OH excluding ortho intramolecular Hbond substituents is 1. The fourth-order valence-electron chi connectivity index (χ4n) is 2.05. The molecule has 0 fully saturated rings. The Labute approximate surface area is 143 Å². The predicted molar refractivity (Wildman–Crippen MR) is 87.5 cm³/mol. The number of carbonyl (C=O) groups is 2. The number of nitrogens with one attached hydrogen (secondary N) is 1. The number of hydrogen-bond donors (Lipinski definition) is 2. The minimum absolute atomic E-state index is 0.0241.